The van der Waals surface area contributed by atoms with Crippen LogP contribution in [0.3, 0.4) is 0 Å². The van der Waals surface area contributed by atoms with Crippen molar-refractivity contribution in [3.63, 3.8) is 0 Å². The van der Waals surface area contributed by atoms with Crippen LogP contribution < -0.4 is 15.9 Å². The molecule has 0 spiro atoms. The van der Waals surface area contributed by atoms with E-state index in [-0.39, 0.29) is 5.75 Å². The van der Waals surface area contributed by atoms with E-state index in [1.807, 2.05) is 5.43 Å². The van der Waals surface area contributed by atoms with Crippen molar-refractivity contribution in [2.75, 3.05) is 7.11 Å². The normalized spacial score (nSPS) is 10.3. The number of methoxy groups -OCH3 is 1. The number of urea groups is 1. The summed E-state index contributed by atoms with van der Waals surface area (Å²) in [6.07, 6.45) is 1.27. The molecule has 0 heterocycles. The molecule has 6 heteroatoms. The molecule has 1 rings (SSSR count). The fourth-order valence-corrected chi connectivity index (χ4v) is 0.933. The maximum absolute atomic E-state index is 13.1. The number of nitrogens with one attached hydrogen (secondary N) is 1. The molecule has 0 aromatic heterocycles. The zero-order valence-electron chi connectivity index (χ0n) is 8.03. The van der Waals surface area contributed by atoms with Gasteiger partial charge in [0.15, 0.2) is 11.6 Å². The number of nitrogens with zero attached hydrogens (tertiary/aromatic N) is 1. The van der Waals surface area contributed by atoms with E-state index in [9.17, 15) is 9.18 Å². The molecule has 0 radical (unpaired) electrons. The van der Waals surface area contributed by atoms with E-state index in [0.717, 1.165) is 0 Å². The summed E-state index contributed by atoms with van der Waals surface area (Å²) in [7, 11) is 1.38. The summed E-state index contributed by atoms with van der Waals surface area (Å²) in [6.45, 7) is 0. The third kappa shape index (κ3) is 3.26. The number of hydrazone groups is 1. The van der Waals surface area contributed by atoms with Gasteiger partial charge in [-0.3, -0.25) is 0 Å². The maximum Gasteiger partial charge on any atom is 0.332 e. The Balaban J connectivity index is 2.75. The minimum absolute atomic E-state index is 0.148. The van der Waals surface area contributed by atoms with Crippen molar-refractivity contribution in [1.29, 1.82) is 0 Å². The molecule has 0 atom stereocenters. The molecule has 15 heavy (non-hydrogen) atoms. The smallest absolute Gasteiger partial charge is 0.332 e. The van der Waals surface area contributed by atoms with Crippen molar-refractivity contribution in [3.8, 4) is 5.75 Å². The average molecular weight is 211 g/mol. The second kappa shape index (κ2) is 4.94. The highest BCUT2D eigenvalue weighted by atomic mass is 19.1. The van der Waals surface area contributed by atoms with Crippen molar-refractivity contribution < 1.29 is 13.9 Å². The van der Waals surface area contributed by atoms with Crippen LogP contribution in [-0.4, -0.2) is 19.4 Å². The molecule has 0 saturated heterocycles. The van der Waals surface area contributed by atoms with E-state index in [1.54, 1.807) is 6.07 Å². The van der Waals surface area contributed by atoms with Crippen molar-refractivity contribution in [2.24, 2.45) is 10.8 Å². The predicted molar refractivity (Wildman–Crippen MR) is 53.3 cm³/mol. The topological polar surface area (TPSA) is 76.7 Å². The molecule has 0 aliphatic heterocycles. The lowest BCUT2D eigenvalue weighted by Crippen LogP contribution is -2.24. The van der Waals surface area contributed by atoms with Crippen molar-refractivity contribution in [1.82, 2.24) is 5.43 Å². The van der Waals surface area contributed by atoms with Gasteiger partial charge in [-0.05, 0) is 23.8 Å². The molecule has 0 fully saturated rings. The summed E-state index contributed by atoms with van der Waals surface area (Å²) < 4.78 is 17.9. The first kappa shape index (κ1) is 11.0. The second-order valence-electron chi connectivity index (χ2n) is 2.63. The standard InChI is InChI=1S/C9H10FN3O2/c1-15-8-3-2-6(4-7(8)10)5-12-13-9(11)14/h2-5H,1H3,(H3,11,13,14). The molecule has 1 aromatic rings. The van der Waals surface area contributed by atoms with Crippen LogP contribution in [0.1, 0.15) is 5.56 Å². The first-order chi connectivity index (χ1) is 7.13. The van der Waals surface area contributed by atoms with Gasteiger partial charge in [0.1, 0.15) is 0 Å². The van der Waals surface area contributed by atoms with Gasteiger partial charge < -0.3 is 10.5 Å². The summed E-state index contributed by atoms with van der Waals surface area (Å²) >= 11 is 0. The van der Waals surface area contributed by atoms with Crippen LogP contribution in [0.2, 0.25) is 0 Å². The average Bonchev–Trinajstić information content (AvgIpc) is 2.17. The van der Waals surface area contributed by atoms with E-state index in [1.165, 1.54) is 25.5 Å². The lowest BCUT2D eigenvalue weighted by Gasteiger charge is -2.01. The van der Waals surface area contributed by atoms with Gasteiger partial charge in [0.25, 0.3) is 0 Å². The third-order valence-corrected chi connectivity index (χ3v) is 1.56. The molecule has 0 bridgehead atoms. The Morgan fingerprint density at radius 3 is 2.93 bits per heavy atom. The molecular formula is C9H10FN3O2. The number of benzene rings is 1. The Labute approximate surface area is 85.7 Å². The first-order valence-corrected chi connectivity index (χ1v) is 4.05. The van der Waals surface area contributed by atoms with Gasteiger partial charge in [0.2, 0.25) is 0 Å². The summed E-state index contributed by atoms with van der Waals surface area (Å²) in [4.78, 5) is 10.3. The molecule has 80 valence electrons. The number of carbonyl (C=O) groups is 1. The molecular weight excluding hydrogens is 201 g/mol. The predicted octanol–water partition coefficient (Wildman–Crippen LogP) is 0.837. The van der Waals surface area contributed by atoms with E-state index in [4.69, 9.17) is 10.5 Å². The fraction of sp³-hybridized carbons (Fsp3) is 0.111. The molecule has 3 N–H and O–H groups in total. The van der Waals surface area contributed by atoms with Crippen LogP contribution in [0.25, 0.3) is 0 Å². The third-order valence-electron chi connectivity index (χ3n) is 1.56. The van der Waals surface area contributed by atoms with Gasteiger partial charge >= 0.3 is 6.03 Å². The molecule has 1 aromatic carbocycles. The largest absolute Gasteiger partial charge is 0.494 e. The number of amides is 2. The zero-order chi connectivity index (χ0) is 11.3. The van der Waals surface area contributed by atoms with Crippen molar-refractivity contribution >= 4 is 12.2 Å². The molecule has 5 nitrogen and oxygen atoms in total. The van der Waals surface area contributed by atoms with Gasteiger partial charge in [-0.15, -0.1) is 0 Å². The van der Waals surface area contributed by atoms with Crippen LogP contribution in [0.15, 0.2) is 23.3 Å². The molecule has 0 aliphatic carbocycles. The molecule has 0 unspecified atom stereocenters. The van der Waals surface area contributed by atoms with Crippen molar-refractivity contribution in [2.45, 2.75) is 0 Å². The number of hydrogen-bond acceptors (Lipinski definition) is 3. The highest BCUT2D eigenvalue weighted by Gasteiger charge is 2.01. The van der Waals surface area contributed by atoms with Crippen LogP contribution in [0, 0.1) is 5.82 Å². The van der Waals surface area contributed by atoms with Crippen LogP contribution in [-0.2, 0) is 0 Å². The lowest BCUT2D eigenvalue weighted by atomic mass is 10.2. The summed E-state index contributed by atoms with van der Waals surface area (Å²) in [5.41, 5.74) is 7.26. The van der Waals surface area contributed by atoms with Gasteiger partial charge in [-0.2, -0.15) is 5.10 Å². The highest BCUT2D eigenvalue weighted by molar-refractivity contribution is 5.81. The van der Waals surface area contributed by atoms with Crippen LogP contribution in [0.5, 0.6) is 5.75 Å². The summed E-state index contributed by atoms with van der Waals surface area (Å²) in [5.74, 6) is -0.351. The minimum atomic E-state index is -0.778. The summed E-state index contributed by atoms with van der Waals surface area (Å²) in [5, 5.41) is 3.48. The maximum atomic E-state index is 13.1. The Morgan fingerprint density at radius 2 is 2.40 bits per heavy atom. The monoisotopic (exact) mass is 211 g/mol. The van der Waals surface area contributed by atoms with E-state index in [2.05, 4.69) is 5.10 Å². The van der Waals surface area contributed by atoms with Gasteiger partial charge in [0.05, 0.1) is 13.3 Å². The Hall–Kier alpha value is -2.11. The summed E-state index contributed by atoms with van der Waals surface area (Å²) in [6, 6.07) is 3.50. The molecule has 0 aliphatic rings. The van der Waals surface area contributed by atoms with Gasteiger partial charge in [-0.25, -0.2) is 14.6 Å². The number of hydrogen-bond donors (Lipinski definition) is 2. The lowest BCUT2D eigenvalue weighted by molar-refractivity contribution is 0.249. The van der Waals surface area contributed by atoms with Crippen molar-refractivity contribution in [3.05, 3.63) is 29.6 Å². The number of ether oxygens (including phenoxy) is 1. The number of rotatable bonds is 3. The second-order valence-corrected chi connectivity index (χ2v) is 2.63. The van der Waals surface area contributed by atoms with Crippen LogP contribution in [0.4, 0.5) is 9.18 Å². The number of carbonyl (C=O) groups excluding carboxylic acids is 1. The van der Waals surface area contributed by atoms with Gasteiger partial charge in [0, 0.05) is 0 Å². The Bertz CT molecular complexity index is 393. The Morgan fingerprint density at radius 1 is 1.67 bits per heavy atom. The SMILES string of the molecule is COc1ccc(C=NNC(N)=O)cc1F. The molecule has 2 amide bonds. The molecule has 0 saturated carbocycles. The first-order valence-electron chi connectivity index (χ1n) is 4.05. The number of primary amides is 1. The minimum Gasteiger partial charge on any atom is -0.494 e. The number of halogens is 1. The Kier molecular flexibility index (Phi) is 3.61. The fourth-order valence-electron chi connectivity index (χ4n) is 0.933. The van der Waals surface area contributed by atoms with E-state index < -0.39 is 11.8 Å². The van der Waals surface area contributed by atoms with E-state index >= 15 is 0 Å². The quantitative estimate of drug-likeness (QED) is 0.574. The van der Waals surface area contributed by atoms with Gasteiger partial charge in [-0.1, -0.05) is 0 Å². The van der Waals surface area contributed by atoms with E-state index in [0.29, 0.717) is 5.56 Å². The van der Waals surface area contributed by atoms with Crippen LogP contribution >= 0.6 is 0 Å². The highest BCUT2D eigenvalue weighted by Crippen LogP contribution is 2.16. The number of nitrogens with two attached hydrogens (primary N) is 1. The zero-order valence-corrected chi connectivity index (χ0v) is 8.03.